The van der Waals surface area contributed by atoms with Crippen LogP contribution in [-0.2, 0) is 24.3 Å². The standard InChI is InChI=1S/C15H21N3O5S2/c1-2-23-15(20)13-10-24-8-7-18(13)9-14(19)17-11-3-5-12(6-4-11)25(16,21)22/h3-6,13H,2,7-10H2,1H3,(H,17,19)(H2,16,21,22)/t13-/m0/s1. The summed E-state index contributed by atoms with van der Waals surface area (Å²) in [7, 11) is -3.77. The molecule has 8 nitrogen and oxygen atoms in total. The maximum absolute atomic E-state index is 12.2. The molecule has 1 aliphatic rings. The Balaban J connectivity index is 1.97. The molecule has 3 N–H and O–H groups in total. The topological polar surface area (TPSA) is 119 Å². The number of nitrogens with zero attached hydrogens (tertiary/aromatic N) is 1. The van der Waals surface area contributed by atoms with E-state index in [1.807, 2.05) is 0 Å². The van der Waals surface area contributed by atoms with Gasteiger partial charge in [-0.2, -0.15) is 11.8 Å². The fraction of sp³-hybridized carbons (Fsp3) is 0.467. The van der Waals surface area contributed by atoms with Crippen LogP contribution < -0.4 is 10.5 Å². The van der Waals surface area contributed by atoms with Crippen LogP contribution in [0.2, 0.25) is 0 Å². The summed E-state index contributed by atoms with van der Waals surface area (Å²) in [5.74, 6) is 0.825. The second-order valence-electron chi connectivity index (χ2n) is 5.43. The molecule has 1 aliphatic heterocycles. The van der Waals surface area contributed by atoms with Gasteiger partial charge in [0.1, 0.15) is 6.04 Å². The molecule has 1 heterocycles. The maximum atomic E-state index is 12.2. The Hall–Kier alpha value is -1.62. The van der Waals surface area contributed by atoms with Crippen LogP contribution in [0.3, 0.4) is 0 Å². The van der Waals surface area contributed by atoms with Crippen molar-refractivity contribution in [2.24, 2.45) is 5.14 Å². The fourth-order valence-electron chi connectivity index (χ4n) is 2.40. The number of amides is 1. The summed E-state index contributed by atoms with van der Waals surface area (Å²) in [4.78, 5) is 26.0. The monoisotopic (exact) mass is 387 g/mol. The zero-order chi connectivity index (χ0) is 18.4. The van der Waals surface area contributed by atoms with E-state index < -0.39 is 16.1 Å². The molecule has 1 fully saturated rings. The molecule has 1 saturated heterocycles. The zero-order valence-corrected chi connectivity index (χ0v) is 15.4. The van der Waals surface area contributed by atoms with Gasteiger partial charge in [0.15, 0.2) is 0 Å². The molecule has 0 unspecified atom stereocenters. The predicted octanol–water partition coefficient (Wildman–Crippen LogP) is 0.253. The molecule has 0 aromatic heterocycles. The van der Waals surface area contributed by atoms with Crippen molar-refractivity contribution < 1.29 is 22.7 Å². The lowest BCUT2D eigenvalue weighted by Crippen LogP contribution is -2.50. The van der Waals surface area contributed by atoms with Crippen LogP contribution in [0.15, 0.2) is 29.2 Å². The number of nitrogens with one attached hydrogen (secondary N) is 1. The average Bonchev–Trinajstić information content (AvgIpc) is 2.55. The Bertz CT molecular complexity index is 721. The predicted molar refractivity (Wildman–Crippen MR) is 95.8 cm³/mol. The van der Waals surface area contributed by atoms with Crippen LogP contribution in [0.1, 0.15) is 6.92 Å². The number of benzene rings is 1. The van der Waals surface area contributed by atoms with Gasteiger partial charge in [0.25, 0.3) is 0 Å². The van der Waals surface area contributed by atoms with Gasteiger partial charge in [0.2, 0.25) is 15.9 Å². The minimum Gasteiger partial charge on any atom is -0.465 e. The summed E-state index contributed by atoms with van der Waals surface area (Å²) >= 11 is 1.65. The van der Waals surface area contributed by atoms with E-state index in [1.54, 1.807) is 23.6 Å². The Labute approximate surface area is 151 Å². The molecule has 1 atom stereocenters. The molecular weight excluding hydrogens is 366 g/mol. The summed E-state index contributed by atoms with van der Waals surface area (Å²) in [6.45, 7) is 2.72. The van der Waals surface area contributed by atoms with Crippen molar-refractivity contribution in [1.82, 2.24) is 4.90 Å². The summed E-state index contributed by atoms with van der Waals surface area (Å²) in [5, 5.41) is 7.72. The minimum absolute atomic E-state index is 0.0269. The third-order valence-electron chi connectivity index (χ3n) is 3.61. The quantitative estimate of drug-likeness (QED) is 0.672. The summed E-state index contributed by atoms with van der Waals surface area (Å²) in [6.07, 6.45) is 0. The van der Waals surface area contributed by atoms with E-state index in [-0.39, 0.29) is 23.3 Å². The smallest absolute Gasteiger partial charge is 0.324 e. The van der Waals surface area contributed by atoms with Crippen molar-refractivity contribution in [3.63, 3.8) is 0 Å². The molecule has 0 bridgehead atoms. The molecule has 0 spiro atoms. The average molecular weight is 387 g/mol. The zero-order valence-electron chi connectivity index (χ0n) is 13.8. The van der Waals surface area contributed by atoms with Crippen molar-refractivity contribution in [2.75, 3.05) is 36.5 Å². The number of thioether (sulfide) groups is 1. The molecule has 25 heavy (non-hydrogen) atoms. The first-order valence-corrected chi connectivity index (χ1v) is 10.4. The lowest BCUT2D eigenvalue weighted by molar-refractivity contribution is -0.148. The summed E-state index contributed by atoms with van der Waals surface area (Å²) < 4.78 is 27.5. The first-order valence-electron chi connectivity index (χ1n) is 7.72. The highest BCUT2D eigenvalue weighted by Crippen LogP contribution is 2.18. The van der Waals surface area contributed by atoms with Crippen LogP contribution >= 0.6 is 11.8 Å². The second kappa shape index (κ2) is 8.65. The number of sulfonamides is 1. The van der Waals surface area contributed by atoms with Gasteiger partial charge < -0.3 is 10.1 Å². The van der Waals surface area contributed by atoms with E-state index in [9.17, 15) is 18.0 Å². The third-order valence-corrected chi connectivity index (χ3v) is 5.56. The van der Waals surface area contributed by atoms with E-state index in [0.29, 0.717) is 24.6 Å². The molecule has 10 heteroatoms. The third kappa shape index (κ3) is 5.70. The lowest BCUT2D eigenvalue weighted by Gasteiger charge is -2.32. The van der Waals surface area contributed by atoms with Gasteiger partial charge in [-0.05, 0) is 31.2 Å². The van der Waals surface area contributed by atoms with Crippen molar-refractivity contribution >= 4 is 39.3 Å². The maximum Gasteiger partial charge on any atom is 0.324 e. The van der Waals surface area contributed by atoms with Crippen molar-refractivity contribution in [3.8, 4) is 0 Å². The summed E-state index contributed by atoms with van der Waals surface area (Å²) in [5.41, 5.74) is 0.455. The van der Waals surface area contributed by atoms with Gasteiger partial charge in [0, 0.05) is 23.7 Å². The number of rotatable bonds is 6. The second-order valence-corrected chi connectivity index (χ2v) is 8.14. The Kier molecular flexibility index (Phi) is 6.82. The lowest BCUT2D eigenvalue weighted by atomic mass is 10.2. The first kappa shape index (κ1) is 19.7. The van der Waals surface area contributed by atoms with Gasteiger partial charge in [0.05, 0.1) is 18.0 Å². The normalized spacial score (nSPS) is 18.6. The number of primary sulfonamides is 1. The fourth-order valence-corrected chi connectivity index (χ4v) is 4.01. The summed E-state index contributed by atoms with van der Waals surface area (Å²) in [6, 6.07) is 5.14. The van der Waals surface area contributed by atoms with Crippen LogP contribution in [0.25, 0.3) is 0 Å². The molecule has 2 rings (SSSR count). The molecule has 0 aliphatic carbocycles. The van der Waals surface area contributed by atoms with Crippen LogP contribution in [0, 0.1) is 0 Å². The number of ether oxygens (including phenoxy) is 1. The van der Waals surface area contributed by atoms with Crippen molar-refractivity contribution in [3.05, 3.63) is 24.3 Å². The Morgan fingerprint density at radius 1 is 1.36 bits per heavy atom. The number of hydrogen-bond acceptors (Lipinski definition) is 7. The molecule has 1 aromatic carbocycles. The van der Waals surface area contributed by atoms with Gasteiger partial charge in [-0.15, -0.1) is 0 Å². The Morgan fingerprint density at radius 3 is 2.64 bits per heavy atom. The van der Waals surface area contributed by atoms with Gasteiger partial charge in [-0.3, -0.25) is 14.5 Å². The van der Waals surface area contributed by atoms with Crippen molar-refractivity contribution in [1.29, 1.82) is 0 Å². The Morgan fingerprint density at radius 2 is 2.04 bits per heavy atom. The number of hydrogen-bond donors (Lipinski definition) is 2. The van der Waals surface area contributed by atoms with E-state index in [2.05, 4.69) is 5.32 Å². The highest BCUT2D eigenvalue weighted by Gasteiger charge is 2.31. The minimum atomic E-state index is -3.77. The molecular formula is C15H21N3O5S2. The highest BCUT2D eigenvalue weighted by atomic mass is 32.2. The molecule has 0 radical (unpaired) electrons. The number of anilines is 1. The number of nitrogens with two attached hydrogens (primary N) is 1. The van der Waals surface area contributed by atoms with Gasteiger partial charge in [-0.25, -0.2) is 13.6 Å². The van der Waals surface area contributed by atoms with E-state index in [1.165, 1.54) is 24.3 Å². The first-order chi connectivity index (χ1) is 11.8. The van der Waals surface area contributed by atoms with Crippen LogP contribution in [0.4, 0.5) is 5.69 Å². The molecule has 138 valence electrons. The SMILES string of the molecule is CCOC(=O)[C@@H]1CSCCN1CC(=O)Nc1ccc(S(N)(=O)=O)cc1. The van der Waals surface area contributed by atoms with Crippen LogP contribution in [-0.4, -0.2) is 62.4 Å². The largest absolute Gasteiger partial charge is 0.465 e. The van der Waals surface area contributed by atoms with Gasteiger partial charge >= 0.3 is 5.97 Å². The van der Waals surface area contributed by atoms with E-state index in [4.69, 9.17) is 9.88 Å². The molecule has 0 saturated carbocycles. The highest BCUT2D eigenvalue weighted by molar-refractivity contribution is 7.99. The van der Waals surface area contributed by atoms with E-state index in [0.717, 1.165) is 5.75 Å². The molecule has 1 aromatic rings. The number of carbonyl (C=O) groups is 2. The molecule has 1 amide bonds. The number of carbonyl (C=O) groups excluding carboxylic acids is 2. The number of esters is 1. The van der Waals surface area contributed by atoms with Crippen molar-refractivity contribution in [2.45, 2.75) is 17.9 Å². The van der Waals surface area contributed by atoms with E-state index >= 15 is 0 Å². The van der Waals surface area contributed by atoms with Crippen LogP contribution in [0.5, 0.6) is 0 Å². The van der Waals surface area contributed by atoms with Gasteiger partial charge in [-0.1, -0.05) is 0 Å².